The van der Waals surface area contributed by atoms with Crippen LogP contribution in [0.2, 0.25) is 0 Å². The molecule has 0 nitrogen and oxygen atoms in total. The maximum absolute atomic E-state index is 2.37. The van der Waals surface area contributed by atoms with E-state index >= 15 is 0 Å². The van der Waals surface area contributed by atoms with E-state index in [0.717, 1.165) is 6.42 Å². The summed E-state index contributed by atoms with van der Waals surface area (Å²) in [5.41, 5.74) is 32.0. The highest BCUT2D eigenvalue weighted by atomic mass is 14.5. The van der Waals surface area contributed by atoms with Gasteiger partial charge in [0, 0.05) is 5.41 Å². The van der Waals surface area contributed by atoms with E-state index in [1.54, 1.807) is 0 Å². The predicted molar refractivity (Wildman–Crippen MR) is 384 cm³/mol. The number of fused-ring (bicyclic) bond motifs is 18. The molecule has 0 spiro atoms. The van der Waals surface area contributed by atoms with Crippen molar-refractivity contribution in [3.8, 4) is 44.5 Å². The number of aryl methyl sites for hydroxylation is 7. The summed E-state index contributed by atoms with van der Waals surface area (Å²) < 4.78 is 0. The minimum Gasteiger partial charge on any atom is -0.0622 e. The molecule has 4 aliphatic rings. The van der Waals surface area contributed by atoms with Crippen LogP contribution >= 0.6 is 0 Å². The molecule has 0 heteroatoms. The second kappa shape index (κ2) is 24.1. The van der Waals surface area contributed by atoms with E-state index in [0.29, 0.717) is 0 Å². The highest BCUT2D eigenvalue weighted by molar-refractivity contribution is 6.25. The minimum absolute atomic E-state index is 0.151. The Morgan fingerprint density at radius 2 is 0.567 bits per heavy atom. The summed E-state index contributed by atoms with van der Waals surface area (Å²) in [5.74, 6) is 0. The van der Waals surface area contributed by atoms with Crippen LogP contribution in [0, 0.1) is 34.6 Å². The van der Waals surface area contributed by atoms with Gasteiger partial charge in [0.05, 0.1) is 5.41 Å². The van der Waals surface area contributed by atoms with E-state index in [1.165, 1.54) is 173 Å². The smallest absolute Gasteiger partial charge is 0.0622 e. The first-order valence-electron chi connectivity index (χ1n) is 32.1. The molecule has 0 bridgehead atoms. The van der Waals surface area contributed by atoms with Crippen molar-refractivity contribution in [2.45, 2.75) is 78.6 Å². The fraction of sp³-hybridized carbons (Fsp3) is 0.133. The quantitative estimate of drug-likeness (QED) is 0.151. The zero-order chi connectivity index (χ0) is 61.5. The summed E-state index contributed by atoms with van der Waals surface area (Å²) in [6, 6.07) is 108. The largest absolute Gasteiger partial charge is 0.0713 e. The third-order valence-electron chi connectivity index (χ3n) is 19.4. The van der Waals surface area contributed by atoms with Crippen LogP contribution < -0.4 is 0 Å². The average Bonchev–Trinajstić information content (AvgIpc) is 1.53. The van der Waals surface area contributed by atoms with E-state index in [9.17, 15) is 0 Å². The highest BCUT2D eigenvalue weighted by Gasteiger charge is 2.46. The van der Waals surface area contributed by atoms with Crippen molar-refractivity contribution < 1.29 is 0 Å². The maximum Gasteiger partial charge on any atom is 0.0713 e. The predicted octanol–water partition coefficient (Wildman–Crippen LogP) is 23.4. The fourth-order valence-electron chi connectivity index (χ4n) is 15.1. The van der Waals surface area contributed by atoms with Gasteiger partial charge in [0.1, 0.15) is 0 Å². The van der Waals surface area contributed by atoms with Gasteiger partial charge < -0.3 is 0 Å². The van der Waals surface area contributed by atoms with E-state index in [4.69, 9.17) is 0 Å². The molecule has 14 aromatic carbocycles. The zero-order valence-electron chi connectivity index (χ0n) is 52.9. The van der Waals surface area contributed by atoms with Gasteiger partial charge in [0.25, 0.3) is 0 Å². The van der Waals surface area contributed by atoms with E-state index < -0.39 is 0 Å². The van der Waals surface area contributed by atoms with Gasteiger partial charge in [-0.05, 0) is 186 Å². The van der Waals surface area contributed by atoms with Crippen molar-refractivity contribution in [3.05, 3.63) is 381 Å². The monoisotopic (exact) mass is 1160 g/mol. The first-order chi connectivity index (χ1) is 43.9. The van der Waals surface area contributed by atoms with Crippen molar-refractivity contribution in [2.24, 2.45) is 0 Å². The second-order valence-electron chi connectivity index (χ2n) is 25.7. The Hall–Kier alpha value is -10.1. The molecule has 18 rings (SSSR count). The molecule has 0 aromatic heterocycles. The molecule has 0 aliphatic heterocycles. The molecular formula is C90H76. The fourth-order valence-corrected chi connectivity index (χ4v) is 15.1. The summed E-state index contributed by atoms with van der Waals surface area (Å²) in [7, 11) is 0. The molecule has 0 amide bonds. The third-order valence-corrected chi connectivity index (χ3v) is 19.4. The SMILES string of the molecule is Cc1ccc2c(c1)C(C)(C)c1ccccc1-2.Cc1ccc2c(c1)C(c1ccccc1)(c1ccccc1)c1ccccc1-2.Cc1ccc2c(c1)CCc1ccccc1-2.Cc1ccc2c(c1)Cc1ccccc1-2.Cc1ccc2c3ccccc3c3ccccc3c2c1. The summed E-state index contributed by atoms with van der Waals surface area (Å²) in [6.45, 7) is 15.5. The Bertz CT molecular complexity index is 4920. The molecule has 0 atom stereocenters. The maximum atomic E-state index is 2.37. The Kier molecular flexibility index (Phi) is 15.4. The number of hydrogen-bond acceptors (Lipinski definition) is 0. The Labute approximate surface area is 532 Å². The molecular weight excluding hydrogens is 1080 g/mol. The Balaban J connectivity index is 0.000000100. The molecule has 0 saturated heterocycles. The van der Waals surface area contributed by atoms with Gasteiger partial charge in [0.15, 0.2) is 0 Å². The molecule has 0 fully saturated rings. The summed E-state index contributed by atoms with van der Waals surface area (Å²) in [5, 5.41) is 8.08. The van der Waals surface area contributed by atoms with E-state index in [1.807, 2.05) is 0 Å². The summed E-state index contributed by atoms with van der Waals surface area (Å²) in [4.78, 5) is 0. The Morgan fingerprint density at radius 1 is 0.222 bits per heavy atom. The van der Waals surface area contributed by atoms with Crippen molar-refractivity contribution in [1.29, 1.82) is 0 Å². The highest BCUT2D eigenvalue weighted by Crippen LogP contribution is 2.56. The van der Waals surface area contributed by atoms with Gasteiger partial charge >= 0.3 is 0 Å². The van der Waals surface area contributed by atoms with Crippen molar-refractivity contribution in [1.82, 2.24) is 0 Å². The zero-order valence-corrected chi connectivity index (χ0v) is 52.9. The number of hydrogen-bond donors (Lipinski definition) is 0. The van der Waals surface area contributed by atoms with Crippen LogP contribution in [-0.4, -0.2) is 0 Å². The van der Waals surface area contributed by atoms with Crippen LogP contribution in [0.15, 0.2) is 297 Å². The molecule has 0 saturated carbocycles. The van der Waals surface area contributed by atoms with Crippen LogP contribution in [-0.2, 0) is 30.1 Å². The first kappa shape index (κ1) is 57.6. The topological polar surface area (TPSA) is 0 Å². The van der Waals surface area contributed by atoms with Gasteiger partial charge in [-0.25, -0.2) is 0 Å². The molecule has 4 aliphatic carbocycles. The third kappa shape index (κ3) is 10.4. The number of benzene rings is 14. The summed E-state index contributed by atoms with van der Waals surface area (Å²) >= 11 is 0. The number of rotatable bonds is 2. The van der Waals surface area contributed by atoms with Crippen molar-refractivity contribution in [3.63, 3.8) is 0 Å². The van der Waals surface area contributed by atoms with Gasteiger partial charge in [0.2, 0.25) is 0 Å². The van der Waals surface area contributed by atoms with Crippen LogP contribution in [0.3, 0.4) is 0 Å². The first-order valence-corrected chi connectivity index (χ1v) is 32.1. The minimum atomic E-state index is -0.263. The van der Waals surface area contributed by atoms with Gasteiger partial charge in [-0.1, -0.05) is 339 Å². The van der Waals surface area contributed by atoms with Gasteiger partial charge in [-0.2, -0.15) is 0 Å². The van der Waals surface area contributed by atoms with Crippen molar-refractivity contribution in [2.75, 3.05) is 0 Å². The molecule has 0 unspecified atom stereocenters. The molecule has 0 radical (unpaired) electrons. The second-order valence-corrected chi connectivity index (χ2v) is 25.7. The lowest BCUT2D eigenvalue weighted by Crippen LogP contribution is -2.28. The lowest BCUT2D eigenvalue weighted by atomic mass is 9.67. The van der Waals surface area contributed by atoms with Crippen LogP contribution in [0.5, 0.6) is 0 Å². The molecule has 14 aromatic rings. The van der Waals surface area contributed by atoms with Crippen LogP contribution in [0.1, 0.15) is 97.3 Å². The lowest BCUT2D eigenvalue weighted by Gasteiger charge is -2.34. The molecule has 436 valence electrons. The van der Waals surface area contributed by atoms with Gasteiger partial charge in [-0.3, -0.25) is 0 Å². The van der Waals surface area contributed by atoms with Crippen LogP contribution in [0.4, 0.5) is 0 Å². The van der Waals surface area contributed by atoms with Crippen molar-refractivity contribution >= 4 is 32.3 Å². The van der Waals surface area contributed by atoms with Gasteiger partial charge in [-0.15, -0.1) is 0 Å². The molecule has 90 heavy (non-hydrogen) atoms. The molecule has 0 heterocycles. The van der Waals surface area contributed by atoms with Crippen LogP contribution in [0.25, 0.3) is 76.8 Å². The molecule has 0 N–H and O–H groups in total. The average molecular weight is 1160 g/mol. The summed E-state index contributed by atoms with van der Waals surface area (Å²) in [6.07, 6.45) is 3.48. The Morgan fingerprint density at radius 3 is 1.16 bits per heavy atom. The van der Waals surface area contributed by atoms with E-state index in [2.05, 4.69) is 346 Å². The normalized spacial score (nSPS) is 13.3. The lowest BCUT2D eigenvalue weighted by molar-refractivity contribution is 0.660. The standard InChI is InChI=1S/C26H20.C19H14.C16H16.C15H14.C14H12/c1-19-16-17-23-22-14-8-9-15-24(22)26(25(23)18-19,20-10-4-2-5-11-20)21-12-6-3-7-13-21;1-13-10-11-18-16-8-3-2-6-14(16)15-7-4-5-9-17(15)19(18)12-13;1-11-8-9-13-12-6-4-5-7-14(12)16(2,3)15(13)10-11;1-11-6-9-15-13(10-11)8-7-12-4-2-3-5-14(12)15;1-10-6-7-14-12(8-10)9-11-4-2-3-5-13(11)14/h2-18H,1H3;2-12H,1H3;4-10H,1-3H3;2-6,9-10H,7-8H2,1H3;2-8H,9H2,1H3. The van der Waals surface area contributed by atoms with E-state index in [-0.39, 0.29) is 10.8 Å².